The van der Waals surface area contributed by atoms with Gasteiger partial charge >= 0.3 is 0 Å². The molecule has 0 bridgehead atoms. The minimum Gasteiger partial charge on any atom is -0.497 e. The van der Waals surface area contributed by atoms with Crippen LogP contribution in [-0.4, -0.2) is 19.6 Å². The monoisotopic (exact) mass is 186 g/mol. The quantitative estimate of drug-likeness (QED) is 0.675. The summed E-state index contributed by atoms with van der Waals surface area (Å²) in [5, 5.41) is 0. The van der Waals surface area contributed by atoms with Crippen LogP contribution in [0.1, 0.15) is 10.4 Å². The summed E-state index contributed by atoms with van der Waals surface area (Å²) >= 11 is 0. The Morgan fingerprint density at radius 1 is 1.54 bits per heavy atom. The van der Waals surface area contributed by atoms with Gasteiger partial charge in [0.05, 0.1) is 12.7 Å². The smallest absolute Gasteiger partial charge is 0.196 e. The van der Waals surface area contributed by atoms with E-state index < -0.39 is 18.3 Å². The van der Waals surface area contributed by atoms with Gasteiger partial charge in [0.15, 0.2) is 12.5 Å². The normalized spacial score (nSPS) is 9.77. The Hall–Kier alpha value is -1.45. The number of methoxy groups -OCH3 is 1. The second-order valence-corrected chi connectivity index (χ2v) is 2.40. The van der Waals surface area contributed by atoms with E-state index in [0.29, 0.717) is 5.75 Å². The molecule has 0 saturated carbocycles. The van der Waals surface area contributed by atoms with Crippen molar-refractivity contribution in [1.82, 2.24) is 0 Å². The van der Waals surface area contributed by atoms with Crippen molar-refractivity contribution in [3.63, 3.8) is 0 Å². The van der Waals surface area contributed by atoms with Crippen molar-refractivity contribution in [1.29, 1.82) is 0 Å². The molecular weight excluding hydrogens is 178 g/mol. The van der Waals surface area contributed by atoms with E-state index in [0.717, 1.165) is 6.07 Å². The summed E-state index contributed by atoms with van der Waals surface area (Å²) in [7, 11) is 1.39. The van der Waals surface area contributed by atoms with Crippen molar-refractivity contribution in [2.24, 2.45) is 0 Å². The molecule has 4 heteroatoms. The highest BCUT2D eigenvalue weighted by Crippen LogP contribution is 2.16. The molecule has 2 nitrogen and oxygen atoms in total. The largest absolute Gasteiger partial charge is 0.497 e. The molecule has 1 aromatic carbocycles. The van der Waals surface area contributed by atoms with Gasteiger partial charge in [0, 0.05) is 0 Å². The second kappa shape index (κ2) is 3.98. The summed E-state index contributed by atoms with van der Waals surface area (Å²) in [6.07, 6.45) is 0. The molecule has 0 aromatic heterocycles. The van der Waals surface area contributed by atoms with Crippen LogP contribution in [0.4, 0.5) is 8.78 Å². The molecular formula is C9H8F2O2. The first kappa shape index (κ1) is 9.64. The van der Waals surface area contributed by atoms with Gasteiger partial charge in [-0.25, -0.2) is 8.78 Å². The lowest BCUT2D eigenvalue weighted by atomic mass is 10.1. The van der Waals surface area contributed by atoms with E-state index in [-0.39, 0.29) is 5.56 Å². The van der Waals surface area contributed by atoms with Gasteiger partial charge in [-0.15, -0.1) is 0 Å². The fourth-order valence-electron chi connectivity index (χ4n) is 0.917. The number of carbonyl (C=O) groups excluding carboxylic acids is 1. The average Bonchev–Trinajstić information content (AvgIpc) is 2.17. The maximum atomic E-state index is 12.9. The number of benzene rings is 1. The number of alkyl halides is 1. The zero-order valence-corrected chi connectivity index (χ0v) is 7.01. The SMILES string of the molecule is COc1ccc(F)c(C(=O)CF)c1. The molecule has 0 amide bonds. The Morgan fingerprint density at radius 3 is 2.77 bits per heavy atom. The maximum Gasteiger partial charge on any atom is 0.196 e. The molecule has 1 aromatic rings. The average molecular weight is 186 g/mol. The third-order valence-corrected chi connectivity index (χ3v) is 1.60. The van der Waals surface area contributed by atoms with Gasteiger partial charge in [-0.1, -0.05) is 0 Å². The van der Waals surface area contributed by atoms with Gasteiger partial charge in [0.25, 0.3) is 0 Å². The predicted octanol–water partition coefficient (Wildman–Crippen LogP) is 1.99. The van der Waals surface area contributed by atoms with Crippen molar-refractivity contribution >= 4 is 5.78 Å². The number of ether oxygens (including phenoxy) is 1. The Balaban J connectivity index is 3.11. The fraction of sp³-hybridized carbons (Fsp3) is 0.222. The van der Waals surface area contributed by atoms with Crippen LogP contribution in [-0.2, 0) is 0 Å². The lowest BCUT2D eigenvalue weighted by Crippen LogP contribution is -2.04. The van der Waals surface area contributed by atoms with Crippen molar-refractivity contribution in [3.8, 4) is 5.75 Å². The molecule has 0 aliphatic carbocycles. The lowest BCUT2D eigenvalue weighted by molar-refractivity contribution is 0.0954. The Labute approximate surface area is 74.1 Å². The van der Waals surface area contributed by atoms with Gasteiger partial charge < -0.3 is 4.74 Å². The van der Waals surface area contributed by atoms with E-state index in [1.807, 2.05) is 0 Å². The number of hydrogen-bond donors (Lipinski definition) is 0. The van der Waals surface area contributed by atoms with E-state index in [1.165, 1.54) is 19.2 Å². The summed E-state index contributed by atoms with van der Waals surface area (Å²) < 4.78 is 29.6. The van der Waals surface area contributed by atoms with E-state index >= 15 is 0 Å². The van der Waals surface area contributed by atoms with Crippen LogP contribution in [0.15, 0.2) is 18.2 Å². The van der Waals surface area contributed by atoms with Crippen molar-refractivity contribution in [2.75, 3.05) is 13.8 Å². The predicted molar refractivity (Wildman–Crippen MR) is 43.3 cm³/mol. The number of ketones is 1. The van der Waals surface area contributed by atoms with Gasteiger partial charge in [0.1, 0.15) is 11.6 Å². The summed E-state index contributed by atoms with van der Waals surface area (Å²) in [6, 6.07) is 3.61. The first-order chi connectivity index (χ1) is 6.19. The molecule has 1 rings (SSSR count). The summed E-state index contributed by atoms with van der Waals surface area (Å²) in [5.74, 6) is -1.28. The van der Waals surface area contributed by atoms with Crippen LogP contribution < -0.4 is 4.74 Å². The van der Waals surface area contributed by atoms with Gasteiger partial charge in [-0.2, -0.15) is 0 Å². The first-order valence-corrected chi connectivity index (χ1v) is 3.61. The van der Waals surface area contributed by atoms with Crippen LogP contribution >= 0.6 is 0 Å². The number of carbonyl (C=O) groups is 1. The Kier molecular flexibility index (Phi) is 2.95. The van der Waals surface area contributed by atoms with Crippen LogP contribution in [0, 0.1) is 5.82 Å². The number of hydrogen-bond acceptors (Lipinski definition) is 2. The minimum atomic E-state index is -1.20. The van der Waals surface area contributed by atoms with Crippen LogP contribution in [0.25, 0.3) is 0 Å². The third-order valence-electron chi connectivity index (χ3n) is 1.60. The number of halogens is 2. The topological polar surface area (TPSA) is 26.3 Å². The van der Waals surface area contributed by atoms with Crippen LogP contribution in [0.2, 0.25) is 0 Å². The molecule has 0 heterocycles. The first-order valence-electron chi connectivity index (χ1n) is 3.61. The molecule has 0 aliphatic heterocycles. The standard InChI is InChI=1S/C9H8F2O2/c1-13-6-2-3-8(11)7(4-6)9(12)5-10/h2-4H,5H2,1H3. The molecule has 0 N–H and O–H groups in total. The Morgan fingerprint density at radius 2 is 2.23 bits per heavy atom. The maximum absolute atomic E-state index is 12.9. The van der Waals surface area contributed by atoms with E-state index in [9.17, 15) is 13.6 Å². The van der Waals surface area contributed by atoms with Crippen molar-refractivity contribution < 1.29 is 18.3 Å². The number of rotatable bonds is 3. The van der Waals surface area contributed by atoms with E-state index in [2.05, 4.69) is 0 Å². The van der Waals surface area contributed by atoms with E-state index in [1.54, 1.807) is 0 Å². The Bertz CT molecular complexity index is 323. The summed E-state index contributed by atoms with van der Waals surface area (Å²) in [4.78, 5) is 10.8. The van der Waals surface area contributed by atoms with Crippen molar-refractivity contribution in [2.45, 2.75) is 0 Å². The fourth-order valence-corrected chi connectivity index (χ4v) is 0.917. The molecule has 0 fully saturated rings. The van der Waals surface area contributed by atoms with E-state index in [4.69, 9.17) is 4.74 Å². The van der Waals surface area contributed by atoms with Gasteiger partial charge in [-0.3, -0.25) is 4.79 Å². The summed E-state index contributed by atoms with van der Waals surface area (Å²) in [6.45, 7) is -1.20. The molecule has 70 valence electrons. The highest BCUT2D eigenvalue weighted by Gasteiger charge is 2.11. The second-order valence-electron chi connectivity index (χ2n) is 2.40. The zero-order chi connectivity index (χ0) is 9.84. The van der Waals surface area contributed by atoms with Gasteiger partial charge in [-0.05, 0) is 18.2 Å². The molecule has 0 unspecified atom stereocenters. The minimum absolute atomic E-state index is 0.276. The summed E-state index contributed by atoms with van der Waals surface area (Å²) in [5.41, 5.74) is -0.276. The van der Waals surface area contributed by atoms with Crippen LogP contribution in [0.3, 0.4) is 0 Å². The highest BCUT2D eigenvalue weighted by atomic mass is 19.1. The van der Waals surface area contributed by atoms with Crippen molar-refractivity contribution in [3.05, 3.63) is 29.6 Å². The highest BCUT2D eigenvalue weighted by molar-refractivity contribution is 5.97. The molecule has 0 radical (unpaired) electrons. The number of Topliss-reactive ketones (excluding diaryl/α,β-unsaturated/α-hetero) is 1. The third kappa shape index (κ3) is 2.02. The molecule has 0 saturated heterocycles. The van der Waals surface area contributed by atoms with Gasteiger partial charge in [0.2, 0.25) is 0 Å². The molecule has 13 heavy (non-hydrogen) atoms. The molecule has 0 spiro atoms. The van der Waals surface area contributed by atoms with Crippen LogP contribution in [0.5, 0.6) is 5.75 Å². The molecule has 0 aliphatic rings. The zero-order valence-electron chi connectivity index (χ0n) is 7.01. The molecule has 0 atom stereocenters. The lowest BCUT2D eigenvalue weighted by Gasteiger charge is -2.02.